The molecule has 3 heterocycles. The number of aromatic nitrogens is 2. The third-order valence-corrected chi connectivity index (χ3v) is 4.75. The highest BCUT2D eigenvalue weighted by Crippen LogP contribution is 2.31. The molecular weight excluding hydrogens is 338 g/mol. The summed E-state index contributed by atoms with van der Waals surface area (Å²) < 4.78 is 5.33. The SMILES string of the molecule is O=C(c1cnoc1-c1cccc(Cl)c1)N1CCC(c2cccnc2)C1. The van der Waals surface area contributed by atoms with E-state index in [1.165, 1.54) is 6.20 Å². The molecule has 0 aliphatic carbocycles. The molecule has 1 aliphatic heterocycles. The maximum Gasteiger partial charge on any atom is 0.259 e. The third-order valence-electron chi connectivity index (χ3n) is 4.52. The van der Waals surface area contributed by atoms with Crippen molar-refractivity contribution in [2.24, 2.45) is 0 Å². The van der Waals surface area contributed by atoms with Gasteiger partial charge in [0.2, 0.25) is 0 Å². The highest BCUT2D eigenvalue weighted by molar-refractivity contribution is 6.30. The summed E-state index contributed by atoms with van der Waals surface area (Å²) in [5, 5.41) is 4.41. The molecular formula is C19H16ClN3O2. The van der Waals surface area contributed by atoms with E-state index in [2.05, 4.69) is 16.2 Å². The summed E-state index contributed by atoms with van der Waals surface area (Å²) in [6, 6.07) is 11.2. The summed E-state index contributed by atoms with van der Waals surface area (Å²) in [6.07, 6.45) is 6.04. The van der Waals surface area contributed by atoms with Crippen molar-refractivity contribution in [1.82, 2.24) is 15.0 Å². The number of likely N-dealkylation sites (tertiary alicyclic amines) is 1. The van der Waals surface area contributed by atoms with Crippen LogP contribution in [-0.2, 0) is 0 Å². The van der Waals surface area contributed by atoms with Gasteiger partial charge in [0.1, 0.15) is 5.56 Å². The van der Waals surface area contributed by atoms with Gasteiger partial charge in [0.15, 0.2) is 5.76 Å². The van der Waals surface area contributed by atoms with Crippen LogP contribution in [0.1, 0.15) is 28.3 Å². The molecule has 1 atom stereocenters. The van der Waals surface area contributed by atoms with Gasteiger partial charge in [-0.1, -0.05) is 35.0 Å². The van der Waals surface area contributed by atoms with Crippen molar-refractivity contribution in [2.45, 2.75) is 12.3 Å². The van der Waals surface area contributed by atoms with E-state index in [1.54, 1.807) is 18.3 Å². The van der Waals surface area contributed by atoms with Crippen molar-refractivity contribution in [1.29, 1.82) is 0 Å². The molecule has 1 unspecified atom stereocenters. The van der Waals surface area contributed by atoms with Crippen LogP contribution in [0.25, 0.3) is 11.3 Å². The number of carbonyl (C=O) groups is 1. The molecule has 0 N–H and O–H groups in total. The minimum Gasteiger partial charge on any atom is -0.355 e. The minimum absolute atomic E-state index is 0.0670. The van der Waals surface area contributed by atoms with Crippen LogP contribution in [0.5, 0.6) is 0 Å². The lowest BCUT2D eigenvalue weighted by atomic mass is 10.0. The Balaban J connectivity index is 1.56. The van der Waals surface area contributed by atoms with Crippen molar-refractivity contribution in [3.63, 3.8) is 0 Å². The predicted molar refractivity (Wildman–Crippen MR) is 94.4 cm³/mol. The average molecular weight is 354 g/mol. The van der Waals surface area contributed by atoms with Gasteiger partial charge >= 0.3 is 0 Å². The van der Waals surface area contributed by atoms with Crippen LogP contribution in [0.4, 0.5) is 0 Å². The Bertz CT molecular complexity index is 894. The molecule has 0 spiro atoms. The van der Waals surface area contributed by atoms with Crippen LogP contribution in [0.2, 0.25) is 5.02 Å². The van der Waals surface area contributed by atoms with Crippen molar-refractivity contribution < 1.29 is 9.32 Å². The molecule has 0 bridgehead atoms. The number of nitrogens with zero attached hydrogens (tertiary/aromatic N) is 3. The molecule has 2 aromatic heterocycles. The lowest BCUT2D eigenvalue weighted by Crippen LogP contribution is -2.28. The second-order valence-corrected chi connectivity index (χ2v) is 6.54. The van der Waals surface area contributed by atoms with Gasteiger partial charge in [0, 0.05) is 42.0 Å². The normalized spacial score (nSPS) is 17.0. The molecule has 0 radical (unpaired) electrons. The smallest absolute Gasteiger partial charge is 0.259 e. The molecule has 1 saturated heterocycles. The topological polar surface area (TPSA) is 59.2 Å². The van der Waals surface area contributed by atoms with Crippen LogP contribution >= 0.6 is 11.6 Å². The van der Waals surface area contributed by atoms with Crippen molar-refractivity contribution in [3.05, 3.63) is 71.1 Å². The largest absolute Gasteiger partial charge is 0.355 e. The summed E-state index contributed by atoms with van der Waals surface area (Å²) in [6.45, 7) is 1.38. The molecule has 4 rings (SSSR count). The number of benzene rings is 1. The van der Waals surface area contributed by atoms with Gasteiger partial charge in [-0.05, 0) is 30.2 Å². The number of pyridine rings is 1. The molecule has 5 nitrogen and oxygen atoms in total. The molecule has 1 amide bonds. The Labute approximate surface area is 150 Å². The molecule has 1 fully saturated rings. The molecule has 3 aromatic rings. The zero-order valence-corrected chi connectivity index (χ0v) is 14.2. The summed E-state index contributed by atoms with van der Waals surface area (Å²) in [4.78, 5) is 19.0. The standard InChI is InChI=1S/C19H16ClN3O2/c20-16-5-1-3-13(9-16)18-17(11-22-25-18)19(24)23-8-6-15(12-23)14-4-2-7-21-10-14/h1-5,7,9-11,15H,6,8,12H2. The molecule has 1 aliphatic rings. The summed E-state index contributed by atoms with van der Waals surface area (Å²) in [5.74, 6) is 0.701. The van der Waals surface area contributed by atoms with Crippen LogP contribution in [0, 0.1) is 0 Å². The molecule has 6 heteroatoms. The zero-order valence-electron chi connectivity index (χ0n) is 13.4. The fourth-order valence-electron chi connectivity index (χ4n) is 3.23. The maximum atomic E-state index is 12.9. The highest BCUT2D eigenvalue weighted by Gasteiger charge is 2.30. The van der Waals surface area contributed by atoms with Gasteiger partial charge in [-0.2, -0.15) is 0 Å². The van der Waals surface area contributed by atoms with E-state index >= 15 is 0 Å². The van der Waals surface area contributed by atoms with E-state index in [-0.39, 0.29) is 5.91 Å². The summed E-state index contributed by atoms with van der Waals surface area (Å²) in [7, 11) is 0. The monoisotopic (exact) mass is 353 g/mol. The second-order valence-electron chi connectivity index (χ2n) is 6.10. The molecule has 25 heavy (non-hydrogen) atoms. The number of halogens is 1. The van der Waals surface area contributed by atoms with Crippen LogP contribution in [-0.4, -0.2) is 34.0 Å². The van der Waals surface area contributed by atoms with E-state index in [4.69, 9.17) is 16.1 Å². The first-order chi connectivity index (χ1) is 12.2. The van der Waals surface area contributed by atoms with Gasteiger partial charge < -0.3 is 9.42 Å². The number of hydrogen-bond acceptors (Lipinski definition) is 4. The van der Waals surface area contributed by atoms with E-state index < -0.39 is 0 Å². The summed E-state index contributed by atoms with van der Waals surface area (Å²) in [5.41, 5.74) is 2.38. The van der Waals surface area contributed by atoms with E-state index in [0.717, 1.165) is 17.5 Å². The number of hydrogen-bond donors (Lipinski definition) is 0. The Morgan fingerprint density at radius 3 is 2.96 bits per heavy atom. The minimum atomic E-state index is -0.0670. The first-order valence-electron chi connectivity index (χ1n) is 8.12. The number of rotatable bonds is 3. The number of amides is 1. The molecule has 126 valence electrons. The summed E-state index contributed by atoms with van der Waals surface area (Å²) >= 11 is 6.04. The van der Waals surface area contributed by atoms with Gasteiger partial charge in [-0.3, -0.25) is 9.78 Å². The quantitative estimate of drug-likeness (QED) is 0.713. The van der Waals surface area contributed by atoms with Crippen LogP contribution in [0.3, 0.4) is 0 Å². The van der Waals surface area contributed by atoms with E-state index in [9.17, 15) is 4.79 Å². The average Bonchev–Trinajstić information content (AvgIpc) is 3.32. The van der Waals surface area contributed by atoms with Gasteiger partial charge in [-0.15, -0.1) is 0 Å². The highest BCUT2D eigenvalue weighted by atomic mass is 35.5. The van der Waals surface area contributed by atoms with Gasteiger partial charge in [-0.25, -0.2) is 0 Å². The van der Waals surface area contributed by atoms with Gasteiger partial charge in [0.25, 0.3) is 5.91 Å². The molecule has 0 saturated carbocycles. The fraction of sp³-hybridized carbons (Fsp3) is 0.211. The Hall–Kier alpha value is -2.66. The maximum absolute atomic E-state index is 12.9. The van der Waals surface area contributed by atoms with Crippen molar-refractivity contribution in [2.75, 3.05) is 13.1 Å². The van der Waals surface area contributed by atoms with Crippen LogP contribution in [0.15, 0.2) is 59.5 Å². The Kier molecular flexibility index (Phi) is 4.24. The fourth-order valence-corrected chi connectivity index (χ4v) is 3.42. The lowest BCUT2D eigenvalue weighted by Gasteiger charge is -2.16. The lowest BCUT2D eigenvalue weighted by molar-refractivity contribution is 0.0791. The predicted octanol–water partition coefficient (Wildman–Crippen LogP) is 4.02. The van der Waals surface area contributed by atoms with E-state index in [0.29, 0.717) is 35.4 Å². The Morgan fingerprint density at radius 1 is 1.24 bits per heavy atom. The first kappa shape index (κ1) is 15.8. The number of carbonyl (C=O) groups excluding carboxylic acids is 1. The van der Waals surface area contributed by atoms with E-state index in [1.807, 2.05) is 29.3 Å². The second kappa shape index (κ2) is 6.69. The Morgan fingerprint density at radius 2 is 2.16 bits per heavy atom. The van der Waals surface area contributed by atoms with Crippen LogP contribution < -0.4 is 0 Å². The molecule has 1 aromatic carbocycles. The van der Waals surface area contributed by atoms with Crippen molar-refractivity contribution >= 4 is 17.5 Å². The van der Waals surface area contributed by atoms with Gasteiger partial charge in [0.05, 0.1) is 6.20 Å². The van der Waals surface area contributed by atoms with Crippen molar-refractivity contribution in [3.8, 4) is 11.3 Å². The third kappa shape index (κ3) is 3.15. The first-order valence-corrected chi connectivity index (χ1v) is 8.50. The zero-order chi connectivity index (χ0) is 17.2.